The zero-order valence-electron chi connectivity index (χ0n) is 11.5. The summed E-state index contributed by atoms with van der Waals surface area (Å²) in [6.45, 7) is 3.24. The summed E-state index contributed by atoms with van der Waals surface area (Å²) in [6, 6.07) is 0. The van der Waals surface area contributed by atoms with Crippen molar-refractivity contribution in [2.75, 3.05) is 13.7 Å². The van der Waals surface area contributed by atoms with Crippen LogP contribution in [0, 0.1) is 11.8 Å². The van der Waals surface area contributed by atoms with Crippen LogP contribution in [0.4, 0.5) is 0 Å². The van der Waals surface area contributed by atoms with Crippen LogP contribution in [0.1, 0.15) is 20.3 Å². The predicted molar refractivity (Wildman–Crippen MR) is 69.7 cm³/mol. The average molecular weight is 280 g/mol. The van der Waals surface area contributed by atoms with Crippen LogP contribution in [0.15, 0.2) is 10.2 Å². The van der Waals surface area contributed by atoms with Gasteiger partial charge in [0.05, 0.1) is 12.5 Å². The molecule has 0 aromatic rings. The molecular weight excluding hydrogens is 264 g/mol. The molecule has 0 aromatic heterocycles. The Kier molecular flexibility index (Phi) is 3.82. The third-order valence-corrected chi connectivity index (χ3v) is 3.24. The van der Waals surface area contributed by atoms with E-state index in [0.717, 1.165) is 0 Å². The second-order valence-corrected chi connectivity index (χ2v) is 4.63. The third kappa shape index (κ3) is 2.40. The van der Waals surface area contributed by atoms with Crippen molar-refractivity contribution in [2.24, 2.45) is 22.0 Å². The highest BCUT2D eigenvalue weighted by Crippen LogP contribution is 2.29. The maximum atomic E-state index is 11.9. The van der Waals surface area contributed by atoms with E-state index < -0.39 is 17.8 Å². The molecule has 2 aliphatic heterocycles. The summed E-state index contributed by atoms with van der Waals surface area (Å²) in [6.07, 6.45) is 0.0891. The van der Waals surface area contributed by atoms with E-state index in [-0.39, 0.29) is 30.4 Å². The van der Waals surface area contributed by atoms with Gasteiger partial charge in [0.15, 0.2) is 5.71 Å². The molecule has 0 spiro atoms. The van der Waals surface area contributed by atoms with Crippen molar-refractivity contribution in [2.45, 2.75) is 20.3 Å². The van der Waals surface area contributed by atoms with Gasteiger partial charge in [0, 0.05) is 19.4 Å². The predicted octanol–water partition coefficient (Wildman–Crippen LogP) is -0.494. The molecule has 2 rings (SSSR count). The van der Waals surface area contributed by atoms with Crippen LogP contribution in [0.3, 0.4) is 0 Å². The molecule has 8 heteroatoms. The molecule has 2 aliphatic rings. The molecule has 20 heavy (non-hydrogen) atoms. The Morgan fingerprint density at radius 3 is 2.80 bits per heavy atom. The molecule has 1 amide bonds. The first-order chi connectivity index (χ1) is 9.45. The quantitative estimate of drug-likeness (QED) is 0.703. The fraction of sp³-hybridized carbons (Fsp3) is 0.583. The maximum absolute atomic E-state index is 11.9. The number of hydrogen-bond donors (Lipinski definition) is 1. The van der Waals surface area contributed by atoms with E-state index in [2.05, 4.69) is 15.6 Å². The first-order valence-corrected chi connectivity index (χ1v) is 6.32. The van der Waals surface area contributed by atoms with Crippen molar-refractivity contribution in [3.05, 3.63) is 0 Å². The van der Waals surface area contributed by atoms with Gasteiger partial charge in [-0.05, 0) is 13.8 Å². The SMILES string of the molecule is CCOC(=O)C1=NN(C)C2=NNC(=O)C[C@@H]2[C@@H]1C(C)=O. The Bertz CT molecular complexity index is 526. The summed E-state index contributed by atoms with van der Waals surface area (Å²) < 4.78 is 4.93. The normalized spacial score (nSPS) is 25.1. The summed E-state index contributed by atoms with van der Waals surface area (Å²) in [4.78, 5) is 35.3. The minimum Gasteiger partial charge on any atom is -0.461 e. The first-order valence-electron chi connectivity index (χ1n) is 6.32. The van der Waals surface area contributed by atoms with Crippen molar-refractivity contribution in [1.29, 1.82) is 0 Å². The van der Waals surface area contributed by atoms with E-state index >= 15 is 0 Å². The second kappa shape index (κ2) is 5.40. The molecule has 0 fully saturated rings. The number of carbonyl (C=O) groups excluding carboxylic acids is 3. The van der Waals surface area contributed by atoms with Gasteiger partial charge in [-0.25, -0.2) is 10.2 Å². The van der Waals surface area contributed by atoms with Gasteiger partial charge < -0.3 is 4.74 Å². The lowest BCUT2D eigenvalue weighted by Crippen LogP contribution is -2.52. The lowest BCUT2D eigenvalue weighted by molar-refractivity contribution is -0.136. The molecule has 0 radical (unpaired) electrons. The fourth-order valence-electron chi connectivity index (χ4n) is 2.43. The zero-order valence-corrected chi connectivity index (χ0v) is 11.5. The Labute approximate surface area is 115 Å². The first kappa shape index (κ1) is 14.2. The third-order valence-electron chi connectivity index (χ3n) is 3.24. The molecular formula is C12H16N4O4. The summed E-state index contributed by atoms with van der Waals surface area (Å²) in [5.41, 5.74) is 2.38. The number of Topliss-reactive ketones (excluding diaryl/α,β-unsaturated/α-hetero) is 1. The van der Waals surface area contributed by atoms with Crippen molar-refractivity contribution in [3.63, 3.8) is 0 Å². The number of fused-ring (bicyclic) bond motifs is 1. The van der Waals surface area contributed by atoms with Crippen LogP contribution in [0.5, 0.6) is 0 Å². The number of hydrogen-bond acceptors (Lipinski definition) is 7. The minimum atomic E-state index is -0.796. The van der Waals surface area contributed by atoms with Gasteiger partial charge in [-0.1, -0.05) is 0 Å². The van der Waals surface area contributed by atoms with E-state index in [1.165, 1.54) is 11.9 Å². The lowest BCUT2D eigenvalue weighted by atomic mass is 9.80. The molecule has 2 heterocycles. The Morgan fingerprint density at radius 2 is 2.20 bits per heavy atom. The summed E-state index contributed by atoms with van der Waals surface area (Å²) in [7, 11) is 1.61. The molecule has 0 unspecified atom stereocenters. The number of nitrogens with zero attached hydrogens (tertiary/aromatic N) is 3. The number of rotatable bonds is 3. The number of esters is 1. The van der Waals surface area contributed by atoms with E-state index in [9.17, 15) is 14.4 Å². The molecule has 0 bridgehead atoms. The van der Waals surface area contributed by atoms with Gasteiger partial charge in [0.2, 0.25) is 5.91 Å². The van der Waals surface area contributed by atoms with Crippen molar-refractivity contribution in [1.82, 2.24) is 10.4 Å². The molecule has 8 nitrogen and oxygen atoms in total. The molecule has 108 valence electrons. The Hall–Kier alpha value is -2.25. The van der Waals surface area contributed by atoms with Gasteiger partial charge in [-0.15, -0.1) is 0 Å². The number of amidine groups is 1. The largest absolute Gasteiger partial charge is 0.461 e. The van der Waals surface area contributed by atoms with Gasteiger partial charge >= 0.3 is 5.97 Å². The molecule has 0 saturated heterocycles. The van der Waals surface area contributed by atoms with Gasteiger partial charge in [0.1, 0.15) is 11.6 Å². The van der Waals surface area contributed by atoms with Crippen LogP contribution in [0.2, 0.25) is 0 Å². The van der Waals surface area contributed by atoms with Gasteiger partial charge in [-0.3, -0.25) is 14.6 Å². The minimum absolute atomic E-state index is 0.0282. The average Bonchev–Trinajstić information content (AvgIpc) is 2.37. The number of hydrazone groups is 2. The second-order valence-electron chi connectivity index (χ2n) is 4.63. The van der Waals surface area contributed by atoms with Gasteiger partial charge in [0.25, 0.3) is 0 Å². The highest BCUT2D eigenvalue weighted by molar-refractivity contribution is 6.42. The van der Waals surface area contributed by atoms with E-state index in [1.54, 1.807) is 14.0 Å². The smallest absolute Gasteiger partial charge is 0.355 e. The summed E-state index contributed by atoms with van der Waals surface area (Å²) in [5.74, 6) is -1.97. The molecule has 0 saturated carbocycles. The van der Waals surface area contributed by atoms with Crippen LogP contribution < -0.4 is 5.43 Å². The van der Waals surface area contributed by atoms with E-state index in [4.69, 9.17) is 4.74 Å². The van der Waals surface area contributed by atoms with E-state index in [1.807, 2.05) is 0 Å². The molecule has 0 aromatic carbocycles. The van der Waals surface area contributed by atoms with Gasteiger partial charge in [-0.2, -0.15) is 10.2 Å². The fourth-order valence-corrected chi connectivity index (χ4v) is 2.43. The lowest BCUT2D eigenvalue weighted by Gasteiger charge is -2.36. The topological polar surface area (TPSA) is 100 Å². The molecule has 1 N–H and O–H groups in total. The number of amides is 1. The Morgan fingerprint density at radius 1 is 1.50 bits per heavy atom. The summed E-state index contributed by atoms with van der Waals surface area (Å²) >= 11 is 0. The monoisotopic (exact) mass is 280 g/mol. The molecule has 0 aliphatic carbocycles. The van der Waals surface area contributed by atoms with E-state index in [0.29, 0.717) is 5.84 Å². The van der Waals surface area contributed by atoms with Crippen LogP contribution in [-0.2, 0) is 19.1 Å². The number of carbonyl (C=O) groups is 3. The number of nitrogens with one attached hydrogen (secondary N) is 1. The highest BCUT2D eigenvalue weighted by atomic mass is 16.5. The number of ether oxygens (including phenoxy) is 1. The molecule has 2 atom stereocenters. The van der Waals surface area contributed by atoms with Crippen LogP contribution in [0.25, 0.3) is 0 Å². The highest BCUT2D eigenvalue weighted by Gasteiger charge is 2.45. The standard InChI is InChI=1S/C12H16N4O4/c1-4-20-12(19)10-9(6(2)17)7-5-8(18)13-14-11(7)16(3)15-10/h7,9H,4-5H2,1-3H3,(H,13,18)/t7-,9+/m1/s1. The van der Waals surface area contributed by atoms with Crippen LogP contribution in [-0.4, -0.2) is 47.9 Å². The Balaban J connectivity index is 2.44. The zero-order chi connectivity index (χ0) is 14.9. The maximum Gasteiger partial charge on any atom is 0.355 e. The van der Waals surface area contributed by atoms with Crippen molar-refractivity contribution < 1.29 is 19.1 Å². The van der Waals surface area contributed by atoms with Crippen LogP contribution >= 0.6 is 0 Å². The van der Waals surface area contributed by atoms with Crippen molar-refractivity contribution in [3.8, 4) is 0 Å². The summed E-state index contributed by atoms with van der Waals surface area (Å²) in [5, 5.41) is 9.40. The van der Waals surface area contributed by atoms with Crippen molar-refractivity contribution >= 4 is 29.2 Å². The number of ketones is 1.